The van der Waals surface area contributed by atoms with Crippen LogP contribution < -0.4 is 5.32 Å². The molecule has 6 heteroatoms. The second-order valence-corrected chi connectivity index (χ2v) is 5.24. The number of ether oxygens (including phenoxy) is 1. The molecule has 1 aromatic heterocycles. The first-order valence-electron chi connectivity index (χ1n) is 6.78. The van der Waals surface area contributed by atoms with Crippen LogP contribution >= 0.6 is 11.6 Å². The molecule has 0 radical (unpaired) electrons. The van der Waals surface area contributed by atoms with Crippen LogP contribution in [-0.4, -0.2) is 54.5 Å². The van der Waals surface area contributed by atoms with Crippen molar-refractivity contribution in [3.8, 4) is 0 Å². The summed E-state index contributed by atoms with van der Waals surface area (Å²) in [4.78, 5) is 2.39. The van der Waals surface area contributed by atoms with Crippen LogP contribution in [0.4, 0.5) is 5.69 Å². The van der Waals surface area contributed by atoms with Gasteiger partial charge in [0.2, 0.25) is 0 Å². The molecule has 1 N–H and O–H groups in total. The molecule has 1 saturated heterocycles. The summed E-state index contributed by atoms with van der Waals surface area (Å²) >= 11 is 6.05. The molecular weight excluding hydrogens is 276 g/mol. The average Bonchev–Trinajstić information content (AvgIpc) is 2.49. The van der Waals surface area contributed by atoms with Crippen molar-refractivity contribution in [3.63, 3.8) is 0 Å². The van der Waals surface area contributed by atoms with Crippen molar-refractivity contribution in [3.05, 3.63) is 29.4 Å². The molecule has 0 atom stereocenters. The Balaban J connectivity index is 1.66. The lowest BCUT2D eigenvalue weighted by molar-refractivity contribution is 0.0398. The third-order valence-corrected chi connectivity index (χ3v) is 3.68. The summed E-state index contributed by atoms with van der Waals surface area (Å²) < 4.78 is 5.34. The molecular formula is C14H17ClN4O. The van der Waals surface area contributed by atoms with E-state index in [4.69, 9.17) is 16.3 Å². The van der Waals surface area contributed by atoms with Gasteiger partial charge in [-0.15, -0.1) is 0 Å². The van der Waals surface area contributed by atoms with Gasteiger partial charge in [-0.1, -0.05) is 11.6 Å². The fraction of sp³-hybridized carbons (Fsp3) is 0.429. The van der Waals surface area contributed by atoms with E-state index in [0.717, 1.165) is 56.0 Å². The maximum Gasteiger partial charge on any atom is 0.0951 e. The van der Waals surface area contributed by atoms with Gasteiger partial charge < -0.3 is 10.1 Å². The molecule has 2 heterocycles. The van der Waals surface area contributed by atoms with Gasteiger partial charge in [0.05, 0.1) is 30.6 Å². The molecule has 0 saturated carbocycles. The molecule has 0 spiro atoms. The molecule has 0 aliphatic carbocycles. The zero-order valence-corrected chi connectivity index (χ0v) is 11.9. The fourth-order valence-electron chi connectivity index (χ4n) is 2.34. The molecule has 2 aromatic rings. The van der Waals surface area contributed by atoms with Crippen molar-refractivity contribution in [2.24, 2.45) is 0 Å². The van der Waals surface area contributed by atoms with Crippen molar-refractivity contribution in [2.45, 2.75) is 0 Å². The number of morpholine rings is 1. The van der Waals surface area contributed by atoms with Crippen LogP contribution in [-0.2, 0) is 4.74 Å². The van der Waals surface area contributed by atoms with Gasteiger partial charge in [0, 0.05) is 36.6 Å². The highest BCUT2D eigenvalue weighted by atomic mass is 35.5. The second-order valence-electron chi connectivity index (χ2n) is 4.80. The minimum atomic E-state index is 0.710. The molecule has 1 aliphatic rings. The Morgan fingerprint density at radius 2 is 2.15 bits per heavy atom. The Labute approximate surface area is 122 Å². The van der Waals surface area contributed by atoms with E-state index in [1.807, 2.05) is 18.2 Å². The molecule has 1 aromatic carbocycles. The van der Waals surface area contributed by atoms with Gasteiger partial charge in [0.25, 0.3) is 0 Å². The summed E-state index contributed by atoms with van der Waals surface area (Å²) in [6, 6.07) is 5.64. The Kier molecular flexibility index (Phi) is 4.30. The Bertz CT molecular complexity index is 586. The zero-order chi connectivity index (χ0) is 13.8. The summed E-state index contributed by atoms with van der Waals surface area (Å²) in [5.74, 6) is 0. The van der Waals surface area contributed by atoms with Crippen LogP contribution in [0.25, 0.3) is 10.9 Å². The quantitative estimate of drug-likeness (QED) is 0.934. The number of hydrogen-bond donors (Lipinski definition) is 1. The molecule has 20 heavy (non-hydrogen) atoms. The van der Waals surface area contributed by atoms with Crippen LogP contribution in [0.1, 0.15) is 0 Å². The monoisotopic (exact) mass is 292 g/mol. The van der Waals surface area contributed by atoms with E-state index in [1.54, 1.807) is 6.20 Å². The van der Waals surface area contributed by atoms with Crippen molar-refractivity contribution >= 4 is 28.2 Å². The largest absolute Gasteiger partial charge is 0.382 e. The number of halogens is 1. The number of nitrogens with zero attached hydrogens (tertiary/aromatic N) is 3. The normalized spacial score (nSPS) is 16.4. The highest BCUT2D eigenvalue weighted by Gasteiger charge is 2.10. The van der Waals surface area contributed by atoms with Crippen LogP contribution in [0.2, 0.25) is 5.02 Å². The molecule has 106 valence electrons. The lowest BCUT2D eigenvalue weighted by atomic mass is 10.2. The molecule has 1 aliphatic heterocycles. The van der Waals surface area contributed by atoms with Crippen LogP contribution in [0.3, 0.4) is 0 Å². The maximum atomic E-state index is 6.05. The standard InChI is InChI=1S/C14H17ClN4O/c15-11-1-2-13-12(9-11)14(10-17-18-13)16-3-4-19-5-7-20-8-6-19/h1-2,9-10H,3-8H2,(H,16,18). The fourth-order valence-corrected chi connectivity index (χ4v) is 2.52. The molecule has 0 bridgehead atoms. The predicted octanol–water partition coefficient (Wildman–Crippen LogP) is 2.03. The number of fused-ring (bicyclic) bond motifs is 1. The van der Waals surface area contributed by atoms with Crippen LogP contribution in [0.5, 0.6) is 0 Å². The summed E-state index contributed by atoms with van der Waals surface area (Å²) in [5.41, 5.74) is 1.83. The Morgan fingerprint density at radius 1 is 1.30 bits per heavy atom. The Morgan fingerprint density at radius 3 is 3.00 bits per heavy atom. The number of anilines is 1. The van der Waals surface area contributed by atoms with E-state index in [0.29, 0.717) is 5.02 Å². The van der Waals surface area contributed by atoms with Gasteiger partial charge in [-0.2, -0.15) is 10.2 Å². The molecule has 5 nitrogen and oxygen atoms in total. The van der Waals surface area contributed by atoms with Crippen molar-refractivity contribution in [2.75, 3.05) is 44.7 Å². The van der Waals surface area contributed by atoms with Crippen molar-refractivity contribution in [1.29, 1.82) is 0 Å². The lowest BCUT2D eigenvalue weighted by Gasteiger charge is -2.26. The minimum absolute atomic E-state index is 0.710. The van der Waals surface area contributed by atoms with Gasteiger partial charge in [-0.25, -0.2) is 0 Å². The van der Waals surface area contributed by atoms with Gasteiger partial charge in [-0.05, 0) is 18.2 Å². The number of rotatable bonds is 4. The van der Waals surface area contributed by atoms with E-state index in [9.17, 15) is 0 Å². The van der Waals surface area contributed by atoms with Gasteiger partial charge in [0.1, 0.15) is 0 Å². The van der Waals surface area contributed by atoms with Gasteiger partial charge in [0.15, 0.2) is 0 Å². The average molecular weight is 293 g/mol. The molecule has 1 fully saturated rings. The minimum Gasteiger partial charge on any atom is -0.382 e. The van der Waals surface area contributed by atoms with Crippen LogP contribution in [0.15, 0.2) is 24.4 Å². The SMILES string of the molecule is Clc1ccc2nncc(NCCN3CCOCC3)c2c1. The topological polar surface area (TPSA) is 50.3 Å². The maximum absolute atomic E-state index is 6.05. The number of benzene rings is 1. The highest BCUT2D eigenvalue weighted by Crippen LogP contribution is 2.23. The van der Waals surface area contributed by atoms with E-state index in [1.165, 1.54) is 0 Å². The molecule has 0 amide bonds. The number of hydrogen-bond acceptors (Lipinski definition) is 5. The third-order valence-electron chi connectivity index (χ3n) is 3.45. The van der Waals surface area contributed by atoms with Gasteiger partial charge in [-0.3, -0.25) is 4.90 Å². The highest BCUT2D eigenvalue weighted by molar-refractivity contribution is 6.31. The lowest BCUT2D eigenvalue weighted by Crippen LogP contribution is -2.39. The smallest absolute Gasteiger partial charge is 0.0951 e. The second kappa shape index (κ2) is 6.35. The predicted molar refractivity (Wildman–Crippen MR) is 80.3 cm³/mol. The van der Waals surface area contributed by atoms with Crippen molar-refractivity contribution in [1.82, 2.24) is 15.1 Å². The van der Waals surface area contributed by atoms with Gasteiger partial charge >= 0.3 is 0 Å². The van der Waals surface area contributed by atoms with E-state index < -0.39 is 0 Å². The first-order chi connectivity index (χ1) is 9.83. The number of aromatic nitrogens is 2. The van der Waals surface area contributed by atoms with Crippen molar-refractivity contribution < 1.29 is 4.74 Å². The zero-order valence-electron chi connectivity index (χ0n) is 11.2. The molecule has 0 unspecified atom stereocenters. The summed E-state index contributed by atoms with van der Waals surface area (Å²) in [6.45, 7) is 5.53. The summed E-state index contributed by atoms with van der Waals surface area (Å²) in [5, 5.41) is 13.3. The summed E-state index contributed by atoms with van der Waals surface area (Å²) in [7, 11) is 0. The number of nitrogens with one attached hydrogen (secondary N) is 1. The molecule has 3 rings (SSSR count). The first kappa shape index (κ1) is 13.5. The van der Waals surface area contributed by atoms with E-state index in [-0.39, 0.29) is 0 Å². The van der Waals surface area contributed by atoms with Crippen LogP contribution in [0, 0.1) is 0 Å². The first-order valence-corrected chi connectivity index (χ1v) is 7.16. The van der Waals surface area contributed by atoms with E-state index >= 15 is 0 Å². The van der Waals surface area contributed by atoms with E-state index in [2.05, 4.69) is 20.4 Å². The Hall–Kier alpha value is -1.43. The summed E-state index contributed by atoms with van der Waals surface area (Å²) in [6.07, 6.45) is 1.75. The third kappa shape index (κ3) is 3.17.